The van der Waals surface area contributed by atoms with Crippen LogP contribution in [0.15, 0.2) is 54.6 Å². The Hall–Kier alpha value is -2.82. The summed E-state index contributed by atoms with van der Waals surface area (Å²) < 4.78 is 5.72. The zero-order valence-electron chi connectivity index (χ0n) is 12.6. The van der Waals surface area contributed by atoms with Gasteiger partial charge >= 0.3 is 0 Å². The Morgan fingerprint density at radius 3 is 2.43 bits per heavy atom. The highest BCUT2D eigenvalue weighted by Gasteiger charge is 2.26. The van der Waals surface area contributed by atoms with Crippen molar-refractivity contribution in [3.63, 3.8) is 0 Å². The maximum atomic E-state index is 11.9. The highest BCUT2D eigenvalue weighted by molar-refractivity contribution is 5.90. The fourth-order valence-corrected chi connectivity index (χ4v) is 2.42. The van der Waals surface area contributed by atoms with Crippen LogP contribution in [0.5, 0.6) is 11.5 Å². The van der Waals surface area contributed by atoms with Crippen LogP contribution in [0.3, 0.4) is 0 Å². The molecule has 2 amide bonds. The van der Waals surface area contributed by atoms with Crippen molar-refractivity contribution >= 4 is 11.8 Å². The molecular formula is C18H18N2O3. The lowest BCUT2D eigenvalue weighted by Gasteiger charge is -2.11. The average Bonchev–Trinajstić information content (AvgIpc) is 3.01. The Labute approximate surface area is 134 Å². The molecule has 1 fully saturated rings. The largest absolute Gasteiger partial charge is 0.457 e. The summed E-state index contributed by atoms with van der Waals surface area (Å²) in [6.45, 7) is 0.427. The van der Waals surface area contributed by atoms with Crippen LogP contribution < -0.4 is 15.4 Å². The van der Waals surface area contributed by atoms with E-state index in [1.165, 1.54) is 0 Å². The monoisotopic (exact) mass is 310 g/mol. The number of carbonyl (C=O) groups is 2. The highest BCUT2D eigenvalue weighted by atomic mass is 16.5. The Bertz CT molecular complexity index is 683. The highest BCUT2D eigenvalue weighted by Crippen LogP contribution is 2.21. The number of amides is 2. The lowest BCUT2D eigenvalue weighted by molar-refractivity contribution is -0.125. The second-order valence-electron chi connectivity index (χ2n) is 5.44. The van der Waals surface area contributed by atoms with Crippen molar-refractivity contribution in [2.24, 2.45) is 0 Å². The van der Waals surface area contributed by atoms with Gasteiger partial charge in [0.1, 0.15) is 17.5 Å². The third-order valence-corrected chi connectivity index (χ3v) is 3.68. The van der Waals surface area contributed by atoms with Crippen molar-refractivity contribution in [1.82, 2.24) is 10.6 Å². The zero-order valence-corrected chi connectivity index (χ0v) is 12.6. The van der Waals surface area contributed by atoms with Crippen molar-refractivity contribution in [1.29, 1.82) is 0 Å². The number of benzene rings is 2. The fraction of sp³-hybridized carbons (Fsp3) is 0.222. The van der Waals surface area contributed by atoms with E-state index < -0.39 is 6.04 Å². The van der Waals surface area contributed by atoms with Crippen LogP contribution in [0.25, 0.3) is 0 Å². The van der Waals surface area contributed by atoms with E-state index in [0.29, 0.717) is 19.4 Å². The van der Waals surface area contributed by atoms with E-state index >= 15 is 0 Å². The minimum absolute atomic E-state index is 0.0624. The molecule has 1 aliphatic rings. The van der Waals surface area contributed by atoms with Crippen LogP contribution in [-0.4, -0.2) is 17.9 Å². The van der Waals surface area contributed by atoms with Crippen LogP contribution in [0.1, 0.15) is 18.4 Å². The number of para-hydroxylation sites is 1. The van der Waals surface area contributed by atoms with Gasteiger partial charge in [-0.2, -0.15) is 0 Å². The molecule has 1 atom stereocenters. The normalized spacial score (nSPS) is 16.7. The third kappa shape index (κ3) is 4.10. The molecule has 118 valence electrons. The molecule has 0 bridgehead atoms. The molecule has 3 rings (SSSR count). The average molecular weight is 310 g/mol. The summed E-state index contributed by atoms with van der Waals surface area (Å²) in [7, 11) is 0. The summed E-state index contributed by atoms with van der Waals surface area (Å²) in [5.74, 6) is 1.33. The van der Waals surface area contributed by atoms with Crippen LogP contribution in [0.4, 0.5) is 0 Å². The second-order valence-corrected chi connectivity index (χ2v) is 5.44. The number of carbonyl (C=O) groups excluding carboxylic acids is 2. The van der Waals surface area contributed by atoms with E-state index in [-0.39, 0.29) is 11.8 Å². The number of nitrogens with one attached hydrogen (secondary N) is 2. The van der Waals surface area contributed by atoms with Crippen molar-refractivity contribution in [3.05, 3.63) is 60.2 Å². The lowest BCUT2D eigenvalue weighted by atomic mass is 10.2. The van der Waals surface area contributed by atoms with Gasteiger partial charge in [-0.3, -0.25) is 9.59 Å². The third-order valence-electron chi connectivity index (χ3n) is 3.68. The molecule has 0 aliphatic carbocycles. The molecule has 5 nitrogen and oxygen atoms in total. The van der Waals surface area contributed by atoms with Gasteiger partial charge in [0.2, 0.25) is 11.8 Å². The number of ether oxygens (including phenoxy) is 1. The van der Waals surface area contributed by atoms with Crippen LogP contribution in [0.2, 0.25) is 0 Å². The first-order chi connectivity index (χ1) is 11.2. The van der Waals surface area contributed by atoms with Gasteiger partial charge in [-0.05, 0) is 36.2 Å². The molecule has 2 aromatic rings. The summed E-state index contributed by atoms with van der Waals surface area (Å²) in [5.41, 5.74) is 0.975. The molecule has 0 radical (unpaired) electrons. The van der Waals surface area contributed by atoms with Gasteiger partial charge in [-0.15, -0.1) is 0 Å². The first kappa shape index (κ1) is 15.1. The molecule has 2 N–H and O–H groups in total. The lowest BCUT2D eigenvalue weighted by Crippen LogP contribution is -2.41. The van der Waals surface area contributed by atoms with E-state index in [9.17, 15) is 9.59 Å². The summed E-state index contributed by atoms with van der Waals surface area (Å²) in [6, 6.07) is 16.7. The minimum atomic E-state index is -0.400. The summed E-state index contributed by atoms with van der Waals surface area (Å²) in [6.07, 6.45) is 0.984. The summed E-state index contributed by atoms with van der Waals surface area (Å²) >= 11 is 0. The molecule has 1 unspecified atom stereocenters. The standard InChI is InChI=1S/C18H18N2O3/c21-17-11-10-16(20-17)18(22)19-12-13-6-8-15(9-7-13)23-14-4-2-1-3-5-14/h1-9,16H,10-12H2,(H,19,22)(H,20,21). The smallest absolute Gasteiger partial charge is 0.242 e. The maximum Gasteiger partial charge on any atom is 0.242 e. The predicted octanol–water partition coefficient (Wildman–Crippen LogP) is 2.37. The number of hydrogen-bond donors (Lipinski definition) is 2. The first-order valence-electron chi connectivity index (χ1n) is 7.59. The van der Waals surface area contributed by atoms with Crippen molar-refractivity contribution in [2.75, 3.05) is 0 Å². The SMILES string of the molecule is O=C1CCC(C(=O)NCc2ccc(Oc3ccccc3)cc2)N1. The Morgan fingerprint density at radius 1 is 1.09 bits per heavy atom. The molecule has 1 saturated heterocycles. The van der Waals surface area contributed by atoms with E-state index in [1.807, 2.05) is 54.6 Å². The van der Waals surface area contributed by atoms with Crippen molar-refractivity contribution in [2.45, 2.75) is 25.4 Å². The van der Waals surface area contributed by atoms with E-state index in [4.69, 9.17) is 4.74 Å². The Balaban J connectivity index is 1.51. The minimum Gasteiger partial charge on any atom is -0.457 e. The number of hydrogen-bond acceptors (Lipinski definition) is 3. The van der Waals surface area contributed by atoms with Gasteiger partial charge in [0.05, 0.1) is 0 Å². The molecule has 2 aromatic carbocycles. The molecule has 0 spiro atoms. The molecule has 0 aromatic heterocycles. The quantitative estimate of drug-likeness (QED) is 0.891. The van der Waals surface area contributed by atoms with Crippen molar-refractivity contribution in [3.8, 4) is 11.5 Å². The number of rotatable bonds is 5. The second kappa shape index (κ2) is 6.96. The maximum absolute atomic E-state index is 11.9. The van der Waals surface area contributed by atoms with Crippen molar-refractivity contribution < 1.29 is 14.3 Å². The van der Waals surface area contributed by atoms with Crippen LogP contribution in [0, 0.1) is 0 Å². The van der Waals surface area contributed by atoms with Crippen LogP contribution >= 0.6 is 0 Å². The summed E-state index contributed by atoms with van der Waals surface area (Å²) in [5, 5.41) is 5.49. The van der Waals surface area contributed by atoms with E-state index in [0.717, 1.165) is 17.1 Å². The van der Waals surface area contributed by atoms with E-state index in [2.05, 4.69) is 10.6 Å². The van der Waals surface area contributed by atoms with Gasteiger partial charge in [0, 0.05) is 13.0 Å². The molecule has 1 heterocycles. The molecular weight excluding hydrogens is 292 g/mol. The van der Waals surface area contributed by atoms with Crippen LogP contribution in [-0.2, 0) is 16.1 Å². The first-order valence-corrected chi connectivity index (χ1v) is 7.59. The molecule has 5 heteroatoms. The zero-order chi connectivity index (χ0) is 16.1. The summed E-state index contributed by atoms with van der Waals surface area (Å²) in [4.78, 5) is 23.0. The van der Waals surface area contributed by atoms with E-state index in [1.54, 1.807) is 0 Å². The molecule has 0 saturated carbocycles. The Morgan fingerprint density at radius 2 is 1.78 bits per heavy atom. The topological polar surface area (TPSA) is 67.4 Å². The van der Waals surface area contributed by atoms with Gasteiger partial charge in [0.25, 0.3) is 0 Å². The van der Waals surface area contributed by atoms with Gasteiger partial charge in [0.15, 0.2) is 0 Å². The Kier molecular flexibility index (Phi) is 4.57. The molecule has 1 aliphatic heterocycles. The van der Waals surface area contributed by atoms with Gasteiger partial charge in [-0.1, -0.05) is 30.3 Å². The fourth-order valence-electron chi connectivity index (χ4n) is 2.42. The van der Waals surface area contributed by atoms with Gasteiger partial charge < -0.3 is 15.4 Å². The molecule has 23 heavy (non-hydrogen) atoms. The predicted molar refractivity (Wildman–Crippen MR) is 86.0 cm³/mol. The van der Waals surface area contributed by atoms with Gasteiger partial charge in [-0.25, -0.2) is 0 Å².